The highest BCUT2D eigenvalue weighted by Gasteiger charge is 2.11. The number of nitrogens with zero attached hydrogens (tertiary/aromatic N) is 3. The van der Waals surface area contributed by atoms with Crippen molar-refractivity contribution in [3.63, 3.8) is 0 Å². The molecule has 0 bridgehead atoms. The maximum Gasteiger partial charge on any atom is 0.254 e. The monoisotopic (exact) mass is 288 g/mol. The minimum absolute atomic E-state index is 0.140. The third kappa shape index (κ3) is 4.30. The van der Waals surface area contributed by atoms with Crippen molar-refractivity contribution in [2.24, 2.45) is 0 Å². The Morgan fingerprint density at radius 1 is 1.38 bits per heavy atom. The number of carbonyl (C=O) groups excluding carboxylic acids is 1. The van der Waals surface area contributed by atoms with Gasteiger partial charge in [-0.1, -0.05) is 0 Å². The van der Waals surface area contributed by atoms with Crippen molar-refractivity contribution in [1.29, 1.82) is 0 Å². The van der Waals surface area contributed by atoms with Crippen LogP contribution in [0.15, 0.2) is 36.9 Å². The summed E-state index contributed by atoms with van der Waals surface area (Å²) in [4.78, 5) is 16.0. The van der Waals surface area contributed by atoms with Gasteiger partial charge in [0.2, 0.25) is 0 Å². The molecular weight excluding hydrogens is 268 g/mol. The lowest BCUT2D eigenvalue weighted by Crippen LogP contribution is -2.33. The molecule has 0 aliphatic carbocycles. The SMILES string of the molecule is CC(C)n1cc(C(=O)NC[C@H](C)Oc2cccnc2)cn1. The smallest absolute Gasteiger partial charge is 0.254 e. The molecule has 112 valence electrons. The van der Waals surface area contributed by atoms with Crippen molar-refractivity contribution < 1.29 is 9.53 Å². The van der Waals surface area contributed by atoms with Crippen LogP contribution >= 0.6 is 0 Å². The van der Waals surface area contributed by atoms with Gasteiger partial charge in [0.25, 0.3) is 5.91 Å². The topological polar surface area (TPSA) is 69.0 Å². The molecule has 2 heterocycles. The highest BCUT2D eigenvalue weighted by Crippen LogP contribution is 2.09. The van der Waals surface area contributed by atoms with E-state index >= 15 is 0 Å². The van der Waals surface area contributed by atoms with E-state index in [0.29, 0.717) is 17.9 Å². The zero-order valence-electron chi connectivity index (χ0n) is 12.5. The molecule has 2 rings (SSSR count). The lowest BCUT2D eigenvalue weighted by molar-refractivity contribution is 0.0932. The van der Waals surface area contributed by atoms with Crippen LogP contribution in [0.3, 0.4) is 0 Å². The van der Waals surface area contributed by atoms with Crippen molar-refractivity contribution >= 4 is 5.91 Å². The molecule has 0 radical (unpaired) electrons. The highest BCUT2D eigenvalue weighted by atomic mass is 16.5. The van der Waals surface area contributed by atoms with Crippen LogP contribution in [-0.2, 0) is 0 Å². The molecule has 1 N–H and O–H groups in total. The van der Waals surface area contributed by atoms with Crippen molar-refractivity contribution in [1.82, 2.24) is 20.1 Å². The second kappa shape index (κ2) is 6.88. The van der Waals surface area contributed by atoms with Crippen LogP contribution in [0.25, 0.3) is 0 Å². The van der Waals surface area contributed by atoms with Crippen LogP contribution in [-0.4, -0.2) is 33.3 Å². The summed E-state index contributed by atoms with van der Waals surface area (Å²) in [5.74, 6) is 0.537. The Labute approximate surface area is 124 Å². The summed E-state index contributed by atoms with van der Waals surface area (Å²) in [6.45, 7) is 6.34. The Kier molecular flexibility index (Phi) is 4.92. The van der Waals surface area contributed by atoms with Gasteiger partial charge in [0, 0.05) is 18.4 Å². The maximum absolute atomic E-state index is 12.0. The Hall–Kier alpha value is -2.37. The molecule has 6 nitrogen and oxygen atoms in total. The minimum Gasteiger partial charge on any atom is -0.487 e. The second-order valence-electron chi connectivity index (χ2n) is 5.13. The zero-order chi connectivity index (χ0) is 15.2. The summed E-state index contributed by atoms with van der Waals surface area (Å²) in [5, 5.41) is 6.98. The van der Waals surface area contributed by atoms with Gasteiger partial charge in [-0.25, -0.2) is 0 Å². The Balaban J connectivity index is 1.83. The fourth-order valence-corrected chi connectivity index (χ4v) is 1.77. The minimum atomic E-state index is -0.150. The van der Waals surface area contributed by atoms with E-state index in [-0.39, 0.29) is 18.1 Å². The Morgan fingerprint density at radius 2 is 2.19 bits per heavy atom. The van der Waals surface area contributed by atoms with Crippen molar-refractivity contribution in [2.45, 2.75) is 32.9 Å². The number of pyridine rings is 1. The lowest BCUT2D eigenvalue weighted by Gasteiger charge is -2.14. The molecule has 21 heavy (non-hydrogen) atoms. The molecule has 0 spiro atoms. The van der Waals surface area contributed by atoms with Gasteiger partial charge in [0.15, 0.2) is 0 Å². The molecule has 0 saturated carbocycles. The number of amides is 1. The molecule has 2 aromatic heterocycles. The van der Waals surface area contributed by atoms with Crippen LogP contribution in [0.1, 0.15) is 37.2 Å². The van der Waals surface area contributed by atoms with Crippen LogP contribution < -0.4 is 10.1 Å². The van der Waals surface area contributed by atoms with Crippen LogP contribution in [0.2, 0.25) is 0 Å². The normalized spacial score (nSPS) is 12.2. The average Bonchev–Trinajstić information content (AvgIpc) is 2.96. The van der Waals surface area contributed by atoms with E-state index in [1.807, 2.05) is 26.8 Å². The Morgan fingerprint density at radius 3 is 2.81 bits per heavy atom. The number of ether oxygens (including phenoxy) is 1. The standard InChI is InChI=1S/C15H20N4O2/c1-11(2)19-10-13(8-18-19)15(20)17-7-12(3)21-14-5-4-6-16-9-14/h4-6,8-12H,7H2,1-3H3,(H,17,20)/t12-/m0/s1. The zero-order valence-corrected chi connectivity index (χ0v) is 12.5. The first kappa shape index (κ1) is 15.0. The molecule has 1 amide bonds. The molecule has 1 atom stereocenters. The van der Waals surface area contributed by atoms with Gasteiger partial charge in [-0.05, 0) is 32.9 Å². The van der Waals surface area contributed by atoms with E-state index in [0.717, 1.165) is 0 Å². The number of nitrogens with one attached hydrogen (secondary N) is 1. The van der Waals surface area contributed by atoms with Gasteiger partial charge in [0.05, 0.1) is 24.5 Å². The first-order valence-corrected chi connectivity index (χ1v) is 6.95. The van der Waals surface area contributed by atoms with Gasteiger partial charge in [-0.3, -0.25) is 14.5 Å². The summed E-state index contributed by atoms with van der Waals surface area (Å²) in [5.41, 5.74) is 0.553. The third-order valence-corrected chi connectivity index (χ3v) is 2.91. The molecule has 0 aliphatic heterocycles. The first-order chi connectivity index (χ1) is 10.1. The predicted molar refractivity (Wildman–Crippen MR) is 79.3 cm³/mol. The lowest BCUT2D eigenvalue weighted by atomic mass is 10.3. The molecule has 2 aromatic rings. The number of rotatable bonds is 6. The van der Waals surface area contributed by atoms with Crippen LogP contribution in [0, 0.1) is 0 Å². The molecule has 0 saturated heterocycles. The molecule has 0 aromatic carbocycles. The molecule has 0 unspecified atom stereocenters. The van der Waals surface area contributed by atoms with Crippen molar-refractivity contribution in [2.75, 3.05) is 6.54 Å². The maximum atomic E-state index is 12.0. The van der Waals surface area contributed by atoms with Gasteiger partial charge < -0.3 is 10.1 Å². The fraction of sp³-hybridized carbons (Fsp3) is 0.400. The van der Waals surface area contributed by atoms with Gasteiger partial charge in [-0.2, -0.15) is 5.10 Å². The molecule has 6 heteroatoms. The molecule has 0 fully saturated rings. The third-order valence-electron chi connectivity index (χ3n) is 2.91. The van der Waals surface area contributed by atoms with E-state index in [1.54, 1.807) is 35.5 Å². The van der Waals surface area contributed by atoms with E-state index in [1.165, 1.54) is 0 Å². The summed E-state index contributed by atoms with van der Waals surface area (Å²) in [6, 6.07) is 3.87. The second-order valence-corrected chi connectivity index (χ2v) is 5.13. The molecule has 0 aliphatic rings. The largest absolute Gasteiger partial charge is 0.487 e. The van der Waals surface area contributed by atoms with E-state index < -0.39 is 0 Å². The van der Waals surface area contributed by atoms with Crippen LogP contribution in [0.4, 0.5) is 0 Å². The van der Waals surface area contributed by atoms with Gasteiger partial charge in [0.1, 0.15) is 11.9 Å². The predicted octanol–water partition coefficient (Wildman–Crippen LogP) is 2.06. The van der Waals surface area contributed by atoms with Crippen LogP contribution in [0.5, 0.6) is 5.75 Å². The number of aromatic nitrogens is 3. The van der Waals surface area contributed by atoms with E-state index in [9.17, 15) is 4.79 Å². The van der Waals surface area contributed by atoms with Gasteiger partial charge in [-0.15, -0.1) is 0 Å². The Bertz CT molecular complexity index is 580. The fourth-order valence-electron chi connectivity index (χ4n) is 1.77. The number of hydrogen-bond acceptors (Lipinski definition) is 4. The number of hydrogen-bond donors (Lipinski definition) is 1. The summed E-state index contributed by atoms with van der Waals surface area (Å²) < 4.78 is 7.40. The highest BCUT2D eigenvalue weighted by molar-refractivity contribution is 5.93. The summed E-state index contributed by atoms with van der Waals surface area (Å²) in [7, 11) is 0. The van der Waals surface area contributed by atoms with E-state index in [2.05, 4.69) is 15.4 Å². The first-order valence-electron chi connectivity index (χ1n) is 6.95. The number of carbonyl (C=O) groups is 1. The summed E-state index contributed by atoms with van der Waals surface area (Å²) in [6.07, 6.45) is 6.50. The van der Waals surface area contributed by atoms with Crippen molar-refractivity contribution in [3.05, 3.63) is 42.5 Å². The van der Waals surface area contributed by atoms with Gasteiger partial charge >= 0.3 is 0 Å². The summed E-state index contributed by atoms with van der Waals surface area (Å²) >= 11 is 0. The van der Waals surface area contributed by atoms with Crippen molar-refractivity contribution in [3.8, 4) is 5.75 Å². The average molecular weight is 288 g/mol. The van der Waals surface area contributed by atoms with E-state index in [4.69, 9.17) is 4.74 Å². The quantitative estimate of drug-likeness (QED) is 0.883. The molecular formula is C15H20N4O2.